The fourth-order valence-electron chi connectivity index (χ4n) is 1.02. The zero-order valence-corrected chi connectivity index (χ0v) is 8.47. The summed E-state index contributed by atoms with van der Waals surface area (Å²) in [4.78, 5) is 0. The Morgan fingerprint density at radius 1 is 1.54 bits per heavy atom. The summed E-state index contributed by atoms with van der Waals surface area (Å²) in [5, 5.41) is 2.49. The van der Waals surface area contributed by atoms with Crippen molar-refractivity contribution in [3.05, 3.63) is 29.8 Å². The number of anilines is 1. The minimum Gasteiger partial charge on any atom is -0.369 e. The van der Waals surface area contributed by atoms with Crippen molar-refractivity contribution in [2.45, 2.75) is 19.2 Å². The van der Waals surface area contributed by atoms with Crippen LogP contribution in [0.3, 0.4) is 0 Å². The molecule has 13 heavy (non-hydrogen) atoms. The number of hydrogen-bond acceptors (Lipinski definition) is 2. The van der Waals surface area contributed by atoms with E-state index in [2.05, 4.69) is 5.32 Å². The predicted molar refractivity (Wildman–Crippen MR) is 55.0 cm³/mol. The molecule has 0 fully saturated rings. The van der Waals surface area contributed by atoms with Crippen LogP contribution in [0.5, 0.6) is 0 Å². The summed E-state index contributed by atoms with van der Waals surface area (Å²) in [6.45, 7) is 3.64. The van der Waals surface area contributed by atoms with Gasteiger partial charge in [-0.1, -0.05) is 12.1 Å². The fourth-order valence-corrected chi connectivity index (χ4v) is 1.26. The molecule has 2 N–H and O–H groups in total. The lowest BCUT2D eigenvalue weighted by Gasteiger charge is -2.11. The second kappa shape index (κ2) is 4.39. The van der Waals surface area contributed by atoms with Gasteiger partial charge in [-0.3, -0.25) is 0 Å². The maximum atomic E-state index is 10.6. The minimum atomic E-state index is -1.83. The standard InChI is InChI=1S/C9H13NO2S/c1-7-4-3-5-9(6-7)10-8(2)13(11)12/h3-6,8,10H,1-2H3,(H,11,12). The van der Waals surface area contributed by atoms with E-state index in [1.807, 2.05) is 31.2 Å². The van der Waals surface area contributed by atoms with Gasteiger partial charge in [0, 0.05) is 5.69 Å². The Bertz CT molecular complexity index is 314. The minimum absolute atomic E-state index is 0.443. The molecule has 0 bridgehead atoms. The highest BCUT2D eigenvalue weighted by Crippen LogP contribution is 2.11. The second-order valence-electron chi connectivity index (χ2n) is 2.93. The Balaban J connectivity index is 2.69. The van der Waals surface area contributed by atoms with Crippen molar-refractivity contribution in [3.63, 3.8) is 0 Å². The zero-order valence-electron chi connectivity index (χ0n) is 7.65. The summed E-state index contributed by atoms with van der Waals surface area (Å²) in [6.07, 6.45) is 0. The van der Waals surface area contributed by atoms with Gasteiger partial charge in [0.05, 0.1) is 0 Å². The van der Waals surface area contributed by atoms with Gasteiger partial charge in [0.2, 0.25) is 0 Å². The smallest absolute Gasteiger partial charge is 0.175 e. The normalized spacial score (nSPS) is 15.0. The molecule has 0 radical (unpaired) electrons. The molecule has 0 aromatic heterocycles. The van der Waals surface area contributed by atoms with Crippen LogP contribution in [-0.2, 0) is 11.1 Å². The van der Waals surface area contributed by atoms with Gasteiger partial charge in [-0.15, -0.1) is 0 Å². The lowest BCUT2D eigenvalue weighted by atomic mass is 10.2. The van der Waals surface area contributed by atoms with Crippen molar-refractivity contribution >= 4 is 16.8 Å². The van der Waals surface area contributed by atoms with Crippen LogP contribution in [0.1, 0.15) is 12.5 Å². The van der Waals surface area contributed by atoms with E-state index in [1.54, 1.807) is 6.92 Å². The third-order valence-electron chi connectivity index (χ3n) is 1.69. The fraction of sp³-hybridized carbons (Fsp3) is 0.333. The van der Waals surface area contributed by atoms with Gasteiger partial charge in [-0.25, -0.2) is 4.21 Å². The number of aryl methyl sites for hydroxylation is 1. The van der Waals surface area contributed by atoms with Crippen LogP contribution in [0.15, 0.2) is 24.3 Å². The molecular weight excluding hydrogens is 186 g/mol. The highest BCUT2D eigenvalue weighted by Gasteiger charge is 2.06. The first-order chi connectivity index (χ1) is 6.09. The first-order valence-electron chi connectivity index (χ1n) is 4.02. The van der Waals surface area contributed by atoms with E-state index in [-0.39, 0.29) is 0 Å². The molecule has 0 saturated heterocycles. The molecule has 1 aromatic carbocycles. The van der Waals surface area contributed by atoms with Gasteiger partial charge in [0.15, 0.2) is 11.1 Å². The van der Waals surface area contributed by atoms with Crippen molar-refractivity contribution < 1.29 is 8.76 Å². The molecule has 0 amide bonds. The van der Waals surface area contributed by atoms with E-state index in [0.717, 1.165) is 11.3 Å². The number of hydrogen-bond donors (Lipinski definition) is 2. The van der Waals surface area contributed by atoms with E-state index >= 15 is 0 Å². The van der Waals surface area contributed by atoms with E-state index in [1.165, 1.54) is 0 Å². The topological polar surface area (TPSA) is 49.3 Å². The van der Waals surface area contributed by atoms with Crippen molar-refractivity contribution in [3.8, 4) is 0 Å². The number of rotatable bonds is 3. The summed E-state index contributed by atoms with van der Waals surface area (Å²) in [7, 11) is 0. The molecule has 0 spiro atoms. The average molecular weight is 199 g/mol. The van der Waals surface area contributed by atoms with Gasteiger partial charge in [-0.2, -0.15) is 0 Å². The molecule has 1 rings (SSSR count). The van der Waals surface area contributed by atoms with E-state index in [4.69, 9.17) is 4.55 Å². The van der Waals surface area contributed by atoms with Crippen LogP contribution in [0.25, 0.3) is 0 Å². The molecule has 0 saturated carbocycles. The van der Waals surface area contributed by atoms with E-state index in [9.17, 15) is 4.21 Å². The molecule has 0 aliphatic carbocycles. The largest absolute Gasteiger partial charge is 0.369 e. The molecule has 0 aliphatic rings. The van der Waals surface area contributed by atoms with Gasteiger partial charge >= 0.3 is 0 Å². The van der Waals surface area contributed by atoms with Crippen LogP contribution in [-0.4, -0.2) is 14.1 Å². The lowest BCUT2D eigenvalue weighted by molar-refractivity contribution is 0.556. The van der Waals surface area contributed by atoms with Crippen LogP contribution < -0.4 is 5.32 Å². The monoisotopic (exact) mass is 199 g/mol. The van der Waals surface area contributed by atoms with Crippen LogP contribution >= 0.6 is 0 Å². The summed E-state index contributed by atoms with van der Waals surface area (Å²) in [5.74, 6) is 0. The molecule has 3 nitrogen and oxygen atoms in total. The Morgan fingerprint density at radius 2 is 2.23 bits per heavy atom. The highest BCUT2D eigenvalue weighted by molar-refractivity contribution is 7.80. The van der Waals surface area contributed by atoms with Crippen molar-refractivity contribution in [2.75, 3.05) is 5.32 Å². The summed E-state index contributed by atoms with van der Waals surface area (Å²) >= 11 is -1.83. The third-order valence-corrected chi connectivity index (χ3v) is 2.41. The molecule has 2 atom stereocenters. The summed E-state index contributed by atoms with van der Waals surface area (Å²) in [6, 6.07) is 7.69. The molecule has 0 aliphatic heterocycles. The molecule has 1 aromatic rings. The predicted octanol–water partition coefficient (Wildman–Crippen LogP) is 1.97. The summed E-state index contributed by atoms with van der Waals surface area (Å²) in [5.41, 5.74) is 2.00. The zero-order chi connectivity index (χ0) is 9.84. The molecular formula is C9H13NO2S. The van der Waals surface area contributed by atoms with E-state index < -0.39 is 16.5 Å². The molecule has 2 unspecified atom stereocenters. The Morgan fingerprint density at radius 3 is 2.77 bits per heavy atom. The van der Waals surface area contributed by atoms with Crippen LogP contribution in [0, 0.1) is 6.92 Å². The van der Waals surface area contributed by atoms with Gasteiger partial charge < -0.3 is 9.87 Å². The lowest BCUT2D eigenvalue weighted by Crippen LogP contribution is -2.20. The first-order valence-corrected chi connectivity index (χ1v) is 5.19. The number of benzene rings is 1. The highest BCUT2D eigenvalue weighted by atomic mass is 32.2. The Kier molecular flexibility index (Phi) is 3.45. The SMILES string of the molecule is Cc1cccc(NC(C)S(=O)O)c1. The molecule has 0 heterocycles. The van der Waals surface area contributed by atoms with Gasteiger partial charge in [0.1, 0.15) is 5.37 Å². The molecule has 72 valence electrons. The van der Waals surface area contributed by atoms with Crippen molar-refractivity contribution in [2.24, 2.45) is 0 Å². The van der Waals surface area contributed by atoms with Gasteiger partial charge in [-0.05, 0) is 31.5 Å². The van der Waals surface area contributed by atoms with Crippen LogP contribution in [0.2, 0.25) is 0 Å². The maximum absolute atomic E-state index is 10.6. The Hall–Kier alpha value is -0.870. The van der Waals surface area contributed by atoms with Gasteiger partial charge in [0.25, 0.3) is 0 Å². The maximum Gasteiger partial charge on any atom is 0.175 e. The van der Waals surface area contributed by atoms with Crippen LogP contribution in [0.4, 0.5) is 5.69 Å². The van der Waals surface area contributed by atoms with E-state index in [0.29, 0.717) is 0 Å². The quantitative estimate of drug-likeness (QED) is 0.732. The molecule has 4 heteroatoms. The van der Waals surface area contributed by atoms with Crippen molar-refractivity contribution in [1.29, 1.82) is 0 Å². The third kappa shape index (κ3) is 3.16. The first kappa shape index (κ1) is 10.2. The number of nitrogens with one attached hydrogen (secondary N) is 1. The average Bonchev–Trinajstić information content (AvgIpc) is 2.04. The Labute approximate surface area is 80.5 Å². The summed E-state index contributed by atoms with van der Waals surface area (Å²) < 4.78 is 19.4. The second-order valence-corrected chi connectivity index (χ2v) is 4.19. The van der Waals surface area contributed by atoms with Crippen molar-refractivity contribution in [1.82, 2.24) is 0 Å².